The monoisotopic (exact) mass is 440 g/mol. The van der Waals surface area contributed by atoms with Crippen LogP contribution in [-0.2, 0) is 22.6 Å². The fraction of sp³-hybridized carbons (Fsp3) is 0.462. The number of nitrogens with one attached hydrogen (secondary N) is 1. The van der Waals surface area contributed by atoms with E-state index >= 15 is 0 Å². The molecule has 0 heterocycles. The predicted molar refractivity (Wildman–Crippen MR) is 127 cm³/mol. The van der Waals surface area contributed by atoms with Crippen LogP contribution in [0.5, 0.6) is 11.5 Å². The van der Waals surface area contributed by atoms with Crippen LogP contribution < -0.4 is 14.8 Å². The molecule has 0 bridgehead atoms. The molecule has 2 amide bonds. The van der Waals surface area contributed by atoms with E-state index in [1.54, 1.807) is 26.0 Å². The maximum absolute atomic E-state index is 13.3. The lowest BCUT2D eigenvalue weighted by Crippen LogP contribution is -2.52. The van der Waals surface area contributed by atoms with Crippen molar-refractivity contribution < 1.29 is 19.1 Å². The van der Waals surface area contributed by atoms with Gasteiger partial charge in [-0.3, -0.25) is 9.59 Å². The minimum atomic E-state index is -0.591. The Balaban J connectivity index is 2.21. The largest absolute Gasteiger partial charge is 0.493 e. The van der Waals surface area contributed by atoms with Gasteiger partial charge in [0.25, 0.3) is 0 Å². The lowest BCUT2D eigenvalue weighted by molar-refractivity contribution is -0.141. The third kappa shape index (κ3) is 7.01. The second-order valence-corrected chi connectivity index (χ2v) is 9.05. The van der Waals surface area contributed by atoms with Crippen molar-refractivity contribution in [1.29, 1.82) is 0 Å². The molecular formula is C26H36N2O4. The molecule has 0 aliphatic carbocycles. The smallest absolute Gasteiger partial charge is 0.242 e. The molecule has 0 spiro atoms. The van der Waals surface area contributed by atoms with Gasteiger partial charge in [-0.05, 0) is 69.9 Å². The van der Waals surface area contributed by atoms with Crippen LogP contribution in [0.15, 0.2) is 42.5 Å². The highest BCUT2D eigenvalue weighted by molar-refractivity contribution is 5.87. The number of benzene rings is 2. The molecule has 32 heavy (non-hydrogen) atoms. The molecule has 2 aromatic rings. The van der Waals surface area contributed by atoms with Gasteiger partial charge in [0, 0.05) is 18.5 Å². The normalized spacial score (nSPS) is 12.1. The molecule has 0 fully saturated rings. The maximum atomic E-state index is 13.3. The summed E-state index contributed by atoms with van der Waals surface area (Å²) >= 11 is 0. The number of rotatable bonds is 9. The van der Waals surface area contributed by atoms with E-state index in [9.17, 15) is 9.59 Å². The number of nitrogens with zero attached hydrogens (tertiary/aromatic N) is 1. The molecule has 6 heteroatoms. The van der Waals surface area contributed by atoms with Gasteiger partial charge in [-0.25, -0.2) is 0 Å². The average molecular weight is 441 g/mol. The number of hydrogen-bond donors (Lipinski definition) is 1. The van der Waals surface area contributed by atoms with E-state index in [0.717, 1.165) is 16.7 Å². The van der Waals surface area contributed by atoms with E-state index in [-0.39, 0.29) is 23.8 Å². The second kappa shape index (κ2) is 11.0. The van der Waals surface area contributed by atoms with Crippen LogP contribution in [0.25, 0.3) is 0 Å². The minimum Gasteiger partial charge on any atom is -0.493 e. The third-order valence-corrected chi connectivity index (χ3v) is 5.34. The number of aryl methyl sites for hydroxylation is 2. The Morgan fingerprint density at radius 3 is 2.28 bits per heavy atom. The van der Waals surface area contributed by atoms with Crippen LogP contribution in [0.4, 0.5) is 0 Å². The van der Waals surface area contributed by atoms with E-state index in [1.807, 2.05) is 70.2 Å². The average Bonchev–Trinajstić information content (AvgIpc) is 2.75. The second-order valence-electron chi connectivity index (χ2n) is 9.05. The SMILES string of the molecule is COc1ccc(CCC(=O)N(Cc2ccccc2C)C(C)C(=O)NC(C)(C)C)cc1OC. The third-order valence-electron chi connectivity index (χ3n) is 5.34. The topological polar surface area (TPSA) is 67.9 Å². The molecule has 0 aromatic heterocycles. The summed E-state index contributed by atoms with van der Waals surface area (Å²) in [5.74, 6) is 1.05. The molecule has 0 radical (unpaired) electrons. The molecule has 6 nitrogen and oxygen atoms in total. The summed E-state index contributed by atoms with van der Waals surface area (Å²) in [5, 5.41) is 2.99. The molecule has 174 valence electrons. The highest BCUT2D eigenvalue weighted by atomic mass is 16.5. The number of carbonyl (C=O) groups excluding carboxylic acids is 2. The first kappa shape index (κ1) is 25.2. The number of amides is 2. The number of carbonyl (C=O) groups is 2. The Labute approximate surface area is 191 Å². The fourth-order valence-corrected chi connectivity index (χ4v) is 3.46. The van der Waals surface area contributed by atoms with Crippen molar-refractivity contribution in [3.8, 4) is 11.5 Å². The maximum Gasteiger partial charge on any atom is 0.242 e. The lowest BCUT2D eigenvalue weighted by Gasteiger charge is -2.32. The summed E-state index contributed by atoms with van der Waals surface area (Å²) in [5.41, 5.74) is 2.72. The first-order chi connectivity index (χ1) is 15.1. The van der Waals surface area contributed by atoms with Crippen molar-refractivity contribution in [3.05, 3.63) is 59.2 Å². The van der Waals surface area contributed by atoms with Gasteiger partial charge >= 0.3 is 0 Å². The van der Waals surface area contributed by atoms with Crippen molar-refractivity contribution >= 4 is 11.8 Å². The Kier molecular flexibility index (Phi) is 8.70. The molecular weight excluding hydrogens is 404 g/mol. The number of ether oxygens (including phenoxy) is 2. The lowest BCUT2D eigenvalue weighted by atomic mass is 10.0. The zero-order chi connectivity index (χ0) is 23.9. The zero-order valence-electron chi connectivity index (χ0n) is 20.3. The molecule has 0 saturated heterocycles. The van der Waals surface area contributed by atoms with Crippen molar-refractivity contribution in [2.24, 2.45) is 0 Å². The van der Waals surface area contributed by atoms with Gasteiger partial charge in [0.2, 0.25) is 11.8 Å². The first-order valence-corrected chi connectivity index (χ1v) is 10.9. The predicted octanol–water partition coefficient (Wildman–Crippen LogP) is 4.28. The Bertz CT molecular complexity index is 934. The highest BCUT2D eigenvalue weighted by Crippen LogP contribution is 2.28. The van der Waals surface area contributed by atoms with Crippen LogP contribution in [0.2, 0.25) is 0 Å². The van der Waals surface area contributed by atoms with Gasteiger partial charge < -0.3 is 19.7 Å². The van der Waals surface area contributed by atoms with Crippen molar-refractivity contribution in [1.82, 2.24) is 10.2 Å². The molecule has 1 N–H and O–H groups in total. The van der Waals surface area contributed by atoms with Crippen molar-refractivity contribution in [2.75, 3.05) is 14.2 Å². The summed E-state index contributed by atoms with van der Waals surface area (Å²) in [6.45, 7) is 9.98. The Morgan fingerprint density at radius 2 is 1.69 bits per heavy atom. The van der Waals surface area contributed by atoms with Gasteiger partial charge in [0.1, 0.15) is 6.04 Å². The standard InChI is InChI=1S/C26H36N2O4/c1-18-10-8-9-11-21(18)17-28(19(2)25(30)27-26(3,4)5)24(29)15-13-20-12-14-22(31-6)23(16-20)32-7/h8-12,14,16,19H,13,15,17H2,1-7H3,(H,27,30). The molecule has 0 saturated carbocycles. The zero-order valence-corrected chi connectivity index (χ0v) is 20.3. The van der Waals surface area contributed by atoms with E-state index in [1.165, 1.54) is 0 Å². The van der Waals surface area contributed by atoms with Gasteiger partial charge in [-0.2, -0.15) is 0 Å². The van der Waals surface area contributed by atoms with Gasteiger partial charge in [0.15, 0.2) is 11.5 Å². The molecule has 2 aromatic carbocycles. The van der Waals surface area contributed by atoms with Crippen molar-refractivity contribution in [2.45, 2.75) is 65.6 Å². The van der Waals surface area contributed by atoms with Gasteiger partial charge in [-0.1, -0.05) is 30.3 Å². The van der Waals surface area contributed by atoms with Crippen LogP contribution >= 0.6 is 0 Å². The van der Waals surface area contributed by atoms with E-state index in [2.05, 4.69) is 5.32 Å². The highest BCUT2D eigenvalue weighted by Gasteiger charge is 2.28. The van der Waals surface area contributed by atoms with Gasteiger partial charge in [-0.15, -0.1) is 0 Å². The summed E-state index contributed by atoms with van der Waals surface area (Å²) in [4.78, 5) is 27.9. The summed E-state index contributed by atoms with van der Waals surface area (Å²) in [6.07, 6.45) is 0.825. The van der Waals surface area contributed by atoms with Crippen molar-refractivity contribution in [3.63, 3.8) is 0 Å². The van der Waals surface area contributed by atoms with Gasteiger partial charge in [0.05, 0.1) is 14.2 Å². The van der Waals surface area contributed by atoms with Crippen LogP contribution in [0.1, 0.15) is 50.8 Å². The van der Waals surface area contributed by atoms with E-state index in [4.69, 9.17) is 9.47 Å². The summed E-state index contributed by atoms with van der Waals surface area (Å²) in [7, 11) is 3.18. The minimum absolute atomic E-state index is 0.0698. The molecule has 0 aliphatic rings. The molecule has 2 rings (SSSR count). The van der Waals surface area contributed by atoms with Crippen LogP contribution in [0, 0.1) is 6.92 Å². The number of methoxy groups -OCH3 is 2. The van der Waals surface area contributed by atoms with E-state index < -0.39 is 6.04 Å². The molecule has 1 unspecified atom stereocenters. The van der Waals surface area contributed by atoms with Crippen LogP contribution in [0.3, 0.4) is 0 Å². The molecule has 0 aliphatic heterocycles. The first-order valence-electron chi connectivity index (χ1n) is 10.9. The Morgan fingerprint density at radius 1 is 1.03 bits per heavy atom. The fourth-order valence-electron chi connectivity index (χ4n) is 3.46. The molecule has 1 atom stereocenters. The summed E-state index contributed by atoms with van der Waals surface area (Å²) < 4.78 is 10.7. The quantitative estimate of drug-likeness (QED) is 0.632. The summed E-state index contributed by atoms with van der Waals surface area (Å²) in [6, 6.07) is 13.0. The number of hydrogen-bond acceptors (Lipinski definition) is 4. The Hall–Kier alpha value is -3.02. The van der Waals surface area contributed by atoms with Crippen LogP contribution in [-0.4, -0.2) is 42.5 Å². The van der Waals surface area contributed by atoms with E-state index in [0.29, 0.717) is 24.5 Å².